The first-order chi connectivity index (χ1) is 16.9. The highest BCUT2D eigenvalue weighted by Gasteiger charge is 2.21. The third kappa shape index (κ3) is 5.84. The van der Waals surface area contributed by atoms with Crippen molar-refractivity contribution in [3.8, 4) is 17.1 Å². The Morgan fingerprint density at radius 2 is 2.03 bits per heavy atom. The van der Waals surface area contributed by atoms with Crippen molar-refractivity contribution in [3.05, 3.63) is 60.3 Å². The molecule has 182 valence electrons. The summed E-state index contributed by atoms with van der Waals surface area (Å²) in [7, 11) is 3.34. The number of nitrogens with one attached hydrogen (secondary N) is 2. The maximum Gasteiger partial charge on any atom is 0.272 e. The topological polar surface area (TPSA) is 141 Å². The lowest BCUT2D eigenvalue weighted by atomic mass is 10.1. The van der Waals surface area contributed by atoms with Crippen LogP contribution < -0.4 is 15.8 Å². The van der Waals surface area contributed by atoms with Gasteiger partial charge in [0.05, 0.1) is 36.1 Å². The molecule has 2 amide bonds. The van der Waals surface area contributed by atoms with Gasteiger partial charge in [-0.1, -0.05) is 31.0 Å². The van der Waals surface area contributed by atoms with Crippen molar-refractivity contribution < 1.29 is 14.3 Å². The van der Waals surface area contributed by atoms with Gasteiger partial charge in [-0.2, -0.15) is 5.10 Å². The van der Waals surface area contributed by atoms with Crippen molar-refractivity contribution in [1.82, 2.24) is 30.0 Å². The molecule has 3 aromatic heterocycles. The quantitative estimate of drug-likeness (QED) is 0.284. The second kappa shape index (κ2) is 10.8. The van der Waals surface area contributed by atoms with Crippen LogP contribution in [0.2, 0.25) is 0 Å². The number of nitrogens with zero attached hydrogens (tertiary/aromatic N) is 4. The lowest BCUT2D eigenvalue weighted by molar-refractivity contribution is -0.118. The fourth-order valence-corrected chi connectivity index (χ4v) is 3.97. The summed E-state index contributed by atoms with van der Waals surface area (Å²) < 4.78 is 7.12. The first kappa shape index (κ1) is 23.9. The molecule has 0 fully saturated rings. The van der Waals surface area contributed by atoms with Crippen molar-refractivity contribution in [1.29, 1.82) is 0 Å². The second-order valence-electron chi connectivity index (χ2n) is 8.39. The molecule has 0 aliphatic heterocycles. The number of aromatic amines is 1. The SMILES string of the molecule is COc1nc2ccccc2cc1-c1cnc([C@H](CCCCCC(N)=O)NC(=O)c2ccn(C)n2)[nH]1. The molecule has 4 N–H and O–H groups in total. The third-order valence-corrected chi connectivity index (χ3v) is 5.77. The van der Waals surface area contributed by atoms with Crippen LogP contribution in [0.5, 0.6) is 5.88 Å². The molecule has 0 saturated carbocycles. The number of aryl methyl sites for hydroxylation is 1. The normalized spacial score (nSPS) is 11.9. The average molecular weight is 476 g/mol. The highest BCUT2D eigenvalue weighted by molar-refractivity contribution is 5.92. The summed E-state index contributed by atoms with van der Waals surface area (Å²) in [6, 6.07) is 11.1. The van der Waals surface area contributed by atoms with Gasteiger partial charge in [-0.3, -0.25) is 14.3 Å². The van der Waals surface area contributed by atoms with E-state index in [4.69, 9.17) is 10.5 Å². The third-order valence-electron chi connectivity index (χ3n) is 5.77. The summed E-state index contributed by atoms with van der Waals surface area (Å²) in [4.78, 5) is 36.4. The number of nitrogens with two attached hydrogens (primary N) is 1. The number of H-pyrrole nitrogens is 1. The number of rotatable bonds is 11. The number of fused-ring (bicyclic) bond motifs is 1. The van der Waals surface area contributed by atoms with E-state index in [0.717, 1.165) is 35.0 Å². The number of primary amides is 1. The minimum Gasteiger partial charge on any atom is -0.480 e. The Labute approximate surface area is 202 Å². The molecule has 0 spiro atoms. The van der Waals surface area contributed by atoms with Crippen LogP contribution in [0.4, 0.5) is 0 Å². The zero-order valence-electron chi connectivity index (χ0n) is 19.8. The van der Waals surface area contributed by atoms with Crippen LogP contribution in [0.25, 0.3) is 22.2 Å². The number of hydrogen-bond donors (Lipinski definition) is 3. The Balaban J connectivity index is 1.57. The number of hydrogen-bond acceptors (Lipinski definition) is 6. The number of amides is 2. The lowest BCUT2D eigenvalue weighted by Crippen LogP contribution is -2.29. The molecule has 10 nitrogen and oxygen atoms in total. The van der Waals surface area contributed by atoms with E-state index in [0.29, 0.717) is 36.7 Å². The number of ether oxygens (including phenoxy) is 1. The predicted octanol–water partition coefficient (Wildman–Crippen LogP) is 3.27. The molecule has 1 atom stereocenters. The van der Waals surface area contributed by atoms with Gasteiger partial charge in [-0.15, -0.1) is 0 Å². The van der Waals surface area contributed by atoms with E-state index in [2.05, 4.69) is 25.4 Å². The Morgan fingerprint density at radius 1 is 1.20 bits per heavy atom. The van der Waals surface area contributed by atoms with Crippen molar-refractivity contribution in [2.75, 3.05) is 7.11 Å². The smallest absolute Gasteiger partial charge is 0.272 e. The highest BCUT2D eigenvalue weighted by Crippen LogP contribution is 2.31. The number of carbonyl (C=O) groups excluding carboxylic acids is 2. The standard InChI is InChI=1S/C25H29N7O3/c1-32-13-12-20(31-32)24(34)29-19(10-4-3-5-11-22(26)33)23-27-15-21(28-23)17-14-16-8-6-7-9-18(16)30-25(17)35-2/h6-9,12-15,19H,3-5,10-11H2,1-2H3,(H2,26,33)(H,27,28)(H,29,34)/t19-/m0/s1. The fraction of sp³-hybridized carbons (Fsp3) is 0.320. The molecule has 0 saturated heterocycles. The number of imidazole rings is 1. The molecule has 35 heavy (non-hydrogen) atoms. The monoisotopic (exact) mass is 475 g/mol. The van der Waals surface area contributed by atoms with Crippen LogP contribution in [0.15, 0.2) is 48.8 Å². The van der Waals surface area contributed by atoms with Gasteiger partial charge in [-0.05, 0) is 31.0 Å². The molecule has 3 heterocycles. The zero-order chi connectivity index (χ0) is 24.8. The number of unbranched alkanes of at least 4 members (excludes halogenated alkanes) is 2. The van der Waals surface area contributed by atoms with Gasteiger partial charge in [0.2, 0.25) is 11.8 Å². The predicted molar refractivity (Wildman–Crippen MR) is 132 cm³/mol. The molecule has 1 aromatic carbocycles. The molecule has 0 unspecified atom stereocenters. The molecule has 0 aliphatic rings. The van der Waals surface area contributed by atoms with Crippen LogP contribution in [-0.4, -0.2) is 43.7 Å². The van der Waals surface area contributed by atoms with E-state index in [-0.39, 0.29) is 17.9 Å². The van der Waals surface area contributed by atoms with Gasteiger partial charge in [0.25, 0.3) is 5.91 Å². The maximum absolute atomic E-state index is 12.8. The van der Waals surface area contributed by atoms with E-state index >= 15 is 0 Å². The highest BCUT2D eigenvalue weighted by atomic mass is 16.5. The molecule has 0 bridgehead atoms. The van der Waals surface area contributed by atoms with E-state index < -0.39 is 0 Å². The van der Waals surface area contributed by atoms with Gasteiger partial charge in [0.1, 0.15) is 11.5 Å². The van der Waals surface area contributed by atoms with E-state index in [1.807, 2.05) is 30.3 Å². The van der Waals surface area contributed by atoms with E-state index in [1.54, 1.807) is 37.3 Å². The molecule has 10 heteroatoms. The summed E-state index contributed by atoms with van der Waals surface area (Å²) in [5.74, 6) is 0.517. The Kier molecular flexibility index (Phi) is 7.39. The Bertz CT molecular complexity index is 1330. The summed E-state index contributed by atoms with van der Waals surface area (Å²) in [5.41, 5.74) is 7.92. The molecular formula is C25H29N7O3. The second-order valence-corrected chi connectivity index (χ2v) is 8.39. The molecule has 4 rings (SSSR count). The minimum atomic E-state index is -0.369. The summed E-state index contributed by atoms with van der Waals surface area (Å²) in [5, 5.41) is 8.21. The first-order valence-electron chi connectivity index (χ1n) is 11.5. The van der Waals surface area contributed by atoms with Crippen molar-refractivity contribution in [2.45, 2.75) is 38.1 Å². The number of aromatic nitrogens is 5. The van der Waals surface area contributed by atoms with Gasteiger partial charge in [0, 0.05) is 25.1 Å². The van der Waals surface area contributed by atoms with Gasteiger partial charge < -0.3 is 20.8 Å². The van der Waals surface area contributed by atoms with Crippen molar-refractivity contribution in [3.63, 3.8) is 0 Å². The van der Waals surface area contributed by atoms with Gasteiger partial charge in [-0.25, -0.2) is 9.97 Å². The maximum atomic E-state index is 12.8. The summed E-state index contributed by atoms with van der Waals surface area (Å²) in [6.07, 6.45) is 6.74. The molecule has 0 radical (unpaired) electrons. The van der Waals surface area contributed by atoms with Gasteiger partial charge in [0.15, 0.2) is 0 Å². The van der Waals surface area contributed by atoms with Gasteiger partial charge >= 0.3 is 0 Å². The first-order valence-corrected chi connectivity index (χ1v) is 11.5. The summed E-state index contributed by atoms with van der Waals surface area (Å²) in [6.45, 7) is 0. The zero-order valence-corrected chi connectivity index (χ0v) is 19.8. The average Bonchev–Trinajstić information content (AvgIpc) is 3.51. The van der Waals surface area contributed by atoms with E-state index in [1.165, 1.54) is 0 Å². The van der Waals surface area contributed by atoms with Crippen molar-refractivity contribution in [2.24, 2.45) is 12.8 Å². The minimum absolute atomic E-state index is 0.282. The van der Waals surface area contributed by atoms with Crippen LogP contribution in [-0.2, 0) is 11.8 Å². The molecular weight excluding hydrogens is 446 g/mol. The Morgan fingerprint density at radius 3 is 2.77 bits per heavy atom. The number of methoxy groups -OCH3 is 1. The van der Waals surface area contributed by atoms with Crippen molar-refractivity contribution >= 4 is 22.7 Å². The molecule has 0 aliphatic carbocycles. The number of pyridine rings is 1. The molecule has 4 aromatic rings. The van der Waals surface area contributed by atoms with E-state index in [9.17, 15) is 9.59 Å². The number of benzene rings is 1. The number of para-hydroxylation sites is 1. The largest absolute Gasteiger partial charge is 0.480 e. The summed E-state index contributed by atoms with van der Waals surface area (Å²) >= 11 is 0. The number of carbonyl (C=O) groups is 2. The fourth-order valence-electron chi connectivity index (χ4n) is 3.97. The Hall–Kier alpha value is -4.21. The lowest BCUT2D eigenvalue weighted by Gasteiger charge is -2.16. The van der Waals surface area contributed by atoms with Crippen LogP contribution in [0, 0.1) is 0 Å². The van der Waals surface area contributed by atoms with Crippen LogP contribution >= 0.6 is 0 Å². The van der Waals surface area contributed by atoms with Crippen LogP contribution in [0.3, 0.4) is 0 Å². The van der Waals surface area contributed by atoms with Crippen LogP contribution in [0.1, 0.15) is 54.5 Å².